The van der Waals surface area contributed by atoms with Crippen LogP contribution >= 0.6 is 11.6 Å². The number of hydrogen-bond acceptors (Lipinski definition) is 4. The van der Waals surface area contributed by atoms with Gasteiger partial charge in [-0.2, -0.15) is 0 Å². The molecule has 0 spiro atoms. The Balaban J connectivity index is 1.80. The molecule has 0 saturated heterocycles. The van der Waals surface area contributed by atoms with Crippen molar-refractivity contribution >= 4 is 44.8 Å². The molecule has 0 radical (unpaired) electrons. The lowest BCUT2D eigenvalue weighted by atomic mass is 10.1. The summed E-state index contributed by atoms with van der Waals surface area (Å²) in [4.78, 5) is 25.2. The second kappa shape index (κ2) is 10.1. The predicted molar refractivity (Wildman–Crippen MR) is 126 cm³/mol. The van der Waals surface area contributed by atoms with Crippen molar-refractivity contribution < 1.29 is 22.4 Å². The maximum Gasteiger partial charge on any atom is 0.257 e. The Kier molecular flexibility index (Phi) is 7.47. The Labute approximate surface area is 196 Å². The van der Waals surface area contributed by atoms with E-state index in [1.54, 1.807) is 32.0 Å². The third-order valence-electron chi connectivity index (χ3n) is 4.35. The molecule has 7 nitrogen and oxygen atoms in total. The molecule has 0 atom stereocenters. The van der Waals surface area contributed by atoms with Gasteiger partial charge in [0.2, 0.25) is 10.0 Å². The van der Waals surface area contributed by atoms with Gasteiger partial charge in [-0.05, 0) is 68.4 Å². The fourth-order valence-electron chi connectivity index (χ4n) is 2.93. The van der Waals surface area contributed by atoms with Crippen molar-refractivity contribution in [3.05, 3.63) is 88.7 Å². The lowest BCUT2D eigenvalue weighted by molar-refractivity contribution is 0.101. The van der Waals surface area contributed by atoms with E-state index in [-0.39, 0.29) is 38.5 Å². The van der Waals surface area contributed by atoms with E-state index in [1.165, 1.54) is 48.5 Å². The molecule has 0 heterocycles. The predicted octanol–water partition coefficient (Wildman–Crippen LogP) is 4.67. The van der Waals surface area contributed by atoms with Crippen LogP contribution in [0.15, 0.2) is 71.6 Å². The van der Waals surface area contributed by atoms with Crippen molar-refractivity contribution in [2.24, 2.45) is 0 Å². The minimum Gasteiger partial charge on any atom is -0.322 e. The second-order valence-electron chi connectivity index (χ2n) is 7.42. The van der Waals surface area contributed by atoms with Crippen LogP contribution in [-0.4, -0.2) is 26.3 Å². The molecule has 172 valence electrons. The van der Waals surface area contributed by atoms with Crippen molar-refractivity contribution in [3.8, 4) is 0 Å². The highest BCUT2D eigenvalue weighted by molar-refractivity contribution is 7.89. The van der Waals surface area contributed by atoms with Gasteiger partial charge in [0.15, 0.2) is 0 Å². The highest BCUT2D eigenvalue weighted by Gasteiger charge is 2.20. The summed E-state index contributed by atoms with van der Waals surface area (Å²) >= 11 is 6.13. The monoisotopic (exact) mass is 489 g/mol. The quantitative estimate of drug-likeness (QED) is 0.448. The van der Waals surface area contributed by atoms with Crippen molar-refractivity contribution in [2.75, 3.05) is 10.6 Å². The van der Waals surface area contributed by atoms with Crippen LogP contribution in [0.1, 0.15) is 34.6 Å². The Morgan fingerprint density at radius 1 is 0.879 bits per heavy atom. The van der Waals surface area contributed by atoms with Gasteiger partial charge in [-0.25, -0.2) is 17.5 Å². The van der Waals surface area contributed by atoms with Crippen LogP contribution in [0.25, 0.3) is 0 Å². The normalized spacial score (nSPS) is 11.3. The van der Waals surface area contributed by atoms with Crippen molar-refractivity contribution in [3.63, 3.8) is 0 Å². The first kappa shape index (κ1) is 24.4. The van der Waals surface area contributed by atoms with Crippen LogP contribution in [-0.2, 0) is 10.0 Å². The number of amides is 2. The summed E-state index contributed by atoms with van der Waals surface area (Å²) in [7, 11) is -3.82. The summed E-state index contributed by atoms with van der Waals surface area (Å²) in [5.41, 5.74) is 0.754. The minimum absolute atomic E-state index is 0.0436. The molecule has 0 fully saturated rings. The molecule has 0 aromatic heterocycles. The molecule has 33 heavy (non-hydrogen) atoms. The van der Waals surface area contributed by atoms with Crippen molar-refractivity contribution in [2.45, 2.75) is 24.8 Å². The SMILES string of the molecule is CC(C)NS(=O)(=O)c1ccc(Cl)c(C(=O)Nc2cccc(C(=O)Nc3cccc(F)c3)c2)c1. The molecule has 2 amide bonds. The average Bonchev–Trinajstić information content (AvgIpc) is 2.73. The maximum atomic E-state index is 13.3. The molecule has 10 heteroatoms. The summed E-state index contributed by atoms with van der Waals surface area (Å²) in [5.74, 6) is -1.63. The summed E-state index contributed by atoms with van der Waals surface area (Å²) in [6.45, 7) is 3.36. The van der Waals surface area contributed by atoms with Gasteiger partial charge in [-0.15, -0.1) is 0 Å². The van der Waals surface area contributed by atoms with Gasteiger partial charge < -0.3 is 10.6 Å². The van der Waals surface area contributed by atoms with Crippen LogP contribution in [0, 0.1) is 5.82 Å². The summed E-state index contributed by atoms with van der Waals surface area (Å²) < 4.78 is 40.6. The highest BCUT2D eigenvalue weighted by Crippen LogP contribution is 2.23. The van der Waals surface area contributed by atoms with Gasteiger partial charge in [0.05, 0.1) is 15.5 Å². The van der Waals surface area contributed by atoms with E-state index in [4.69, 9.17) is 11.6 Å². The lowest BCUT2D eigenvalue weighted by Crippen LogP contribution is -2.30. The second-order valence-corrected chi connectivity index (χ2v) is 9.54. The Bertz CT molecular complexity index is 1310. The Morgan fingerprint density at radius 2 is 1.52 bits per heavy atom. The molecule has 3 aromatic rings. The van der Waals surface area contributed by atoms with E-state index in [1.807, 2.05) is 0 Å². The number of carbonyl (C=O) groups excluding carboxylic acids is 2. The third kappa shape index (κ3) is 6.38. The van der Waals surface area contributed by atoms with Gasteiger partial charge in [0.1, 0.15) is 5.82 Å². The average molecular weight is 490 g/mol. The first-order valence-corrected chi connectivity index (χ1v) is 11.7. The fraction of sp³-hybridized carbons (Fsp3) is 0.130. The number of rotatable bonds is 7. The molecule has 0 unspecified atom stereocenters. The highest BCUT2D eigenvalue weighted by atomic mass is 35.5. The first-order chi connectivity index (χ1) is 15.5. The summed E-state index contributed by atoms with van der Waals surface area (Å²) in [6.07, 6.45) is 0. The zero-order valence-corrected chi connectivity index (χ0v) is 19.3. The third-order valence-corrected chi connectivity index (χ3v) is 6.33. The Morgan fingerprint density at radius 3 is 2.18 bits per heavy atom. The topological polar surface area (TPSA) is 104 Å². The van der Waals surface area contributed by atoms with Gasteiger partial charge in [0, 0.05) is 23.0 Å². The number of carbonyl (C=O) groups is 2. The van der Waals surface area contributed by atoms with Crippen molar-refractivity contribution in [1.29, 1.82) is 0 Å². The minimum atomic E-state index is -3.82. The molecule has 3 N–H and O–H groups in total. The molecule has 0 aliphatic heterocycles. The zero-order chi connectivity index (χ0) is 24.2. The molecule has 0 aliphatic rings. The number of anilines is 2. The molecular formula is C23H21ClFN3O4S. The number of nitrogens with one attached hydrogen (secondary N) is 3. The van der Waals surface area contributed by atoms with Crippen LogP contribution in [0.2, 0.25) is 5.02 Å². The number of hydrogen-bond donors (Lipinski definition) is 3. The number of sulfonamides is 1. The van der Waals surface area contributed by atoms with Crippen LogP contribution < -0.4 is 15.4 Å². The zero-order valence-electron chi connectivity index (χ0n) is 17.7. The van der Waals surface area contributed by atoms with Crippen LogP contribution in [0.3, 0.4) is 0 Å². The van der Waals surface area contributed by atoms with Gasteiger partial charge in [0.25, 0.3) is 11.8 Å². The van der Waals surface area contributed by atoms with Gasteiger partial charge in [-0.1, -0.05) is 23.7 Å². The number of halogens is 2. The molecule has 0 saturated carbocycles. The van der Waals surface area contributed by atoms with Gasteiger partial charge in [-0.3, -0.25) is 9.59 Å². The lowest BCUT2D eigenvalue weighted by Gasteiger charge is -2.12. The van der Waals surface area contributed by atoms with Crippen LogP contribution in [0.4, 0.5) is 15.8 Å². The Hall–Kier alpha value is -3.27. The number of benzene rings is 3. The van der Waals surface area contributed by atoms with E-state index in [9.17, 15) is 22.4 Å². The van der Waals surface area contributed by atoms with Crippen molar-refractivity contribution in [1.82, 2.24) is 4.72 Å². The van der Waals surface area contributed by atoms with E-state index < -0.39 is 27.7 Å². The maximum absolute atomic E-state index is 13.3. The van der Waals surface area contributed by atoms with E-state index in [2.05, 4.69) is 15.4 Å². The summed E-state index contributed by atoms with van der Waals surface area (Å²) in [6, 6.07) is 15.0. The fourth-order valence-corrected chi connectivity index (χ4v) is 4.41. The first-order valence-electron chi connectivity index (χ1n) is 9.85. The van der Waals surface area contributed by atoms with Crippen LogP contribution in [0.5, 0.6) is 0 Å². The molecule has 0 bridgehead atoms. The van der Waals surface area contributed by atoms with E-state index >= 15 is 0 Å². The smallest absolute Gasteiger partial charge is 0.257 e. The molecular weight excluding hydrogens is 469 g/mol. The summed E-state index contributed by atoms with van der Waals surface area (Å²) in [5, 5.41) is 5.25. The van der Waals surface area contributed by atoms with Gasteiger partial charge >= 0.3 is 0 Å². The largest absolute Gasteiger partial charge is 0.322 e. The van der Waals surface area contributed by atoms with E-state index in [0.717, 1.165) is 0 Å². The standard InChI is InChI=1S/C23H21ClFN3O4S/c1-14(2)28-33(31,32)19-9-10-21(24)20(13-19)23(30)27-17-7-3-5-15(11-17)22(29)26-18-8-4-6-16(25)12-18/h3-14,28H,1-2H3,(H,26,29)(H,27,30). The molecule has 0 aliphatic carbocycles. The molecule has 3 aromatic carbocycles. The van der Waals surface area contributed by atoms with E-state index in [0.29, 0.717) is 0 Å². The molecule has 3 rings (SSSR count).